The van der Waals surface area contributed by atoms with Crippen LogP contribution in [0.4, 0.5) is 5.69 Å². The normalized spacial score (nSPS) is 10.2. The summed E-state index contributed by atoms with van der Waals surface area (Å²) < 4.78 is 12.7. The number of methoxy groups -OCH3 is 1. The topological polar surface area (TPSA) is 107 Å². The van der Waals surface area contributed by atoms with E-state index in [2.05, 4.69) is 21.2 Å². The van der Waals surface area contributed by atoms with Crippen molar-refractivity contribution in [2.24, 2.45) is 7.05 Å². The second-order valence-corrected chi connectivity index (χ2v) is 6.32. The summed E-state index contributed by atoms with van der Waals surface area (Å²) in [5, 5.41) is 2.95. The van der Waals surface area contributed by atoms with Crippen LogP contribution in [0.1, 0.15) is 16.2 Å². The molecule has 156 valence electrons. The zero-order valence-corrected chi connectivity index (χ0v) is 16.7. The Morgan fingerprint density at radius 1 is 1.07 bits per heavy atom. The van der Waals surface area contributed by atoms with E-state index in [0.717, 1.165) is 5.82 Å². The Kier molecular flexibility index (Phi) is 6.88. The highest BCUT2D eigenvalue weighted by Gasteiger charge is 2.09. The molecule has 0 saturated carbocycles. The molecule has 1 heterocycles. The van der Waals surface area contributed by atoms with Gasteiger partial charge >= 0.3 is 0 Å². The molecule has 3 rings (SSSR count). The van der Waals surface area contributed by atoms with E-state index in [4.69, 9.17) is 9.47 Å². The minimum atomic E-state index is -0.434. The average Bonchev–Trinajstić information content (AvgIpc) is 3.19. The zero-order valence-electron chi connectivity index (χ0n) is 16.7. The van der Waals surface area contributed by atoms with Gasteiger partial charge in [-0.1, -0.05) is 12.1 Å². The second kappa shape index (κ2) is 9.97. The molecule has 0 aliphatic heterocycles. The molecular weight excluding hydrogens is 386 g/mol. The van der Waals surface area contributed by atoms with Gasteiger partial charge in [-0.3, -0.25) is 20.4 Å². The quantitative estimate of drug-likeness (QED) is 0.491. The largest absolute Gasteiger partial charge is 0.495 e. The number of hydrazine groups is 1. The van der Waals surface area contributed by atoms with Crippen molar-refractivity contribution in [1.82, 2.24) is 20.4 Å². The van der Waals surface area contributed by atoms with Crippen molar-refractivity contribution in [2.75, 3.05) is 19.0 Å². The number of ether oxygens (including phenoxy) is 2. The Bertz CT molecular complexity index is 1000. The molecule has 2 amide bonds. The number of imidazole rings is 1. The Balaban J connectivity index is 1.44. The van der Waals surface area contributed by atoms with Crippen LogP contribution in [-0.2, 0) is 18.4 Å². The lowest BCUT2D eigenvalue weighted by Crippen LogP contribution is -2.44. The lowest BCUT2D eigenvalue weighted by Gasteiger charge is -2.12. The molecule has 0 aliphatic carbocycles. The number of benzene rings is 2. The van der Waals surface area contributed by atoms with E-state index >= 15 is 0 Å². The summed E-state index contributed by atoms with van der Waals surface area (Å²) >= 11 is 0. The predicted molar refractivity (Wildman–Crippen MR) is 111 cm³/mol. The first kappa shape index (κ1) is 20.7. The highest BCUT2D eigenvalue weighted by atomic mass is 16.5. The summed E-state index contributed by atoms with van der Waals surface area (Å²) in [4.78, 5) is 28.4. The van der Waals surface area contributed by atoms with Crippen LogP contribution in [0.5, 0.6) is 11.5 Å². The van der Waals surface area contributed by atoms with Gasteiger partial charge in [0.15, 0.2) is 0 Å². The van der Waals surface area contributed by atoms with Crippen LogP contribution in [0.15, 0.2) is 60.9 Å². The van der Waals surface area contributed by atoms with E-state index in [1.54, 1.807) is 49.7 Å². The van der Waals surface area contributed by atoms with E-state index in [0.29, 0.717) is 29.4 Å². The summed E-state index contributed by atoms with van der Waals surface area (Å²) in [7, 11) is 3.44. The number of para-hydroxylation sites is 2. The molecule has 0 aliphatic rings. The van der Waals surface area contributed by atoms with Gasteiger partial charge in [0.1, 0.15) is 23.9 Å². The van der Waals surface area contributed by atoms with Gasteiger partial charge in [0.25, 0.3) is 11.8 Å². The van der Waals surface area contributed by atoms with Crippen molar-refractivity contribution in [1.29, 1.82) is 0 Å². The number of nitrogens with one attached hydrogen (secondary N) is 3. The monoisotopic (exact) mass is 409 g/mol. The van der Waals surface area contributed by atoms with Crippen molar-refractivity contribution in [2.45, 2.75) is 6.61 Å². The van der Waals surface area contributed by atoms with Crippen LogP contribution in [-0.4, -0.2) is 35.0 Å². The number of hydrogen-bond donors (Lipinski definition) is 3. The van der Waals surface area contributed by atoms with Gasteiger partial charge in [-0.25, -0.2) is 4.98 Å². The lowest BCUT2D eigenvalue weighted by atomic mass is 10.2. The van der Waals surface area contributed by atoms with Crippen LogP contribution in [0.25, 0.3) is 0 Å². The van der Waals surface area contributed by atoms with Crippen LogP contribution in [0, 0.1) is 0 Å². The maximum atomic E-state index is 12.2. The number of carbonyl (C=O) groups excluding carboxylic acids is 2. The molecule has 0 radical (unpaired) electrons. The lowest BCUT2D eigenvalue weighted by molar-refractivity contribution is -0.120. The molecule has 0 bridgehead atoms. The van der Waals surface area contributed by atoms with Gasteiger partial charge in [0.05, 0.1) is 19.3 Å². The predicted octanol–water partition coefficient (Wildman–Crippen LogP) is 1.88. The van der Waals surface area contributed by atoms with Gasteiger partial charge in [-0.15, -0.1) is 0 Å². The molecule has 3 N–H and O–H groups in total. The second-order valence-electron chi connectivity index (χ2n) is 6.32. The minimum Gasteiger partial charge on any atom is -0.495 e. The molecule has 0 spiro atoms. The van der Waals surface area contributed by atoms with E-state index in [1.807, 2.05) is 29.9 Å². The number of aryl methyl sites for hydroxylation is 1. The van der Waals surface area contributed by atoms with E-state index < -0.39 is 11.8 Å². The summed E-state index contributed by atoms with van der Waals surface area (Å²) in [6, 6.07) is 13.8. The Morgan fingerprint density at radius 2 is 1.83 bits per heavy atom. The molecule has 3 aromatic rings. The molecule has 2 aromatic carbocycles. The molecule has 30 heavy (non-hydrogen) atoms. The molecule has 9 nitrogen and oxygen atoms in total. The third-order valence-corrected chi connectivity index (χ3v) is 4.27. The molecular formula is C21H23N5O4. The number of carbonyl (C=O) groups is 2. The van der Waals surface area contributed by atoms with Crippen molar-refractivity contribution in [3.63, 3.8) is 0 Å². The Morgan fingerprint density at radius 3 is 2.53 bits per heavy atom. The van der Waals surface area contributed by atoms with Crippen molar-refractivity contribution in [3.05, 3.63) is 72.3 Å². The molecule has 1 aromatic heterocycles. The first-order chi connectivity index (χ1) is 14.6. The third-order valence-electron chi connectivity index (χ3n) is 4.27. The molecule has 9 heteroatoms. The van der Waals surface area contributed by atoms with Gasteiger partial charge in [0, 0.05) is 25.0 Å². The van der Waals surface area contributed by atoms with E-state index in [-0.39, 0.29) is 6.54 Å². The maximum Gasteiger partial charge on any atom is 0.269 e. The molecule has 0 fully saturated rings. The smallest absolute Gasteiger partial charge is 0.269 e. The summed E-state index contributed by atoms with van der Waals surface area (Å²) in [6.07, 6.45) is 3.54. The average molecular weight is 409 g/mol. The highest BCUT2D eigenvalue weighted by Crippen LogP contribution is 2.22. The standard InChI is InChI=1S/C21H23N5O4/c1-26-12-11-22-19(26)14-30-16-9-7-15(8-10-16)21(28)25-24-20(27)13-23-17-5-3-4-6-18(17)29-2/h3-12,23H,13-14H2,1-2H3,(H,24,27)(H,25,28). The fourth-order valence-electron chi connectivity index (χ4n) is 2.60. The Labute approximate surface area is 174 Å². The Hall–Kier alpha value is -4.01. The minimum absolute atomic E-state index is 0.0272. The molecule has 0 unspecified atom stereocenters. The molecule has 0 saturated heterocycles. The van der Waals surface area contributed by atoms with Crippen LogP contribution >= 0.6 is 0 Å². The maximum absolute atomic E-state index is 12.2. The van der Waals surface area contributed by atoms with Gasteiger partial charge in [-0.2, -0.15) is 0 Å². The van der Waals surface area contributed by atoms with Crippen LogP contribution in [0.2, 0.25) is 0 Å². The van der Waals surface area contributed by atoms with Gasteiger partial charge in [0.2, 0.25) is 0 Å². The SMILES string of the molecule is COc1ccccc1NCC(=O)NNC(=O)c1ccc(OCc2nccn2C)cc1. The zero-order chi connectivity index (χ0) is 21.3. The number of anilines is 1. The number of hydrogen-bond acceptors (Lipinski definition) is 6. The fraction of sp³-hybridized carbons (Fsp3) is 0.190. The summed E-state index contributed by atoms with van der Waals surface area (Å²) in [5.41, 5.74) is 5.82. The van der Waals surface area contributed by atoms with Crippen molar-refractivity contribution >= 4 is 17.5 Å². The fourth-order valence-corrected chi connectivity index (χ4v) is 2.60. The number of rotatable bonds is 8. The van der Waals surface area contributed by atoms with Crippen molar-refractivity contribution in [3.8, 4) is 11.5 Å². The third kappa shape index (κ3) is 5.51. The summed E-state index contributed by atoms with van der Waals surface area (Å²) in [5.74, 6) is 1.20. The van der Waals surface area contributed by atoms with E-state index in [1.165, 1.54) is 0 Å². The van der Waals surface area contributed by atoms with E-state index in [9.17, 15) is 9.59 Å². The van der Waals surface area contributed by atoms with Gasteiger partial charge < -0.3 is 19.4 Å². The van der Waals surface area contributed by atoms with Gasteiger partial charge in [-0.05, 0) is 36.4 Å². The number of amides is 2. The van der Waals surface area contributed by atoms with Crippen LogP contribution in [0.3, 0.4) is 0 Å². The molecule has 0 atom stereocenters. The first-order valence-electron chi connectivity index (χ1n) is 9.22. The first-order valence-corrected chi connectivity index (χ1v) is 9.22. The summed E-state index contributed by atoms with van der Waals surface area (Å²) in [6.45, 7) is 0.297. The van der Waals surface area contributed by atoms with Crippen molar-refractivity contribution < 1.29 is 19.1 Å². The highest BCUT2D eigenvalue weighted by molar-refractivity contribution is 5.95. The number of nitrogens with zero attached hydrogens (tertiary/aromatic N) is 2. The number of aromatic nitrogens is 2. The van der Waals surface area contributed by atoms with Crippen LogP contribution < -0.4 is 25.6 Å².